The van der Waals surface area contributed by atoms with Crippen LogP contribution < -0.4 is 0 Å². The van der Waals surface area contributed by atoms with Gasteiger partial charge in [0.2, 0.25) is 0 Å². The van der Waals surface area contributed by atoms with Crippen LogP contribution in [0.2, 0.25) is 0 Å². The molecule has 0 aromatic heterocycles. The topological polar surface area (TPSA) is 42.2 Å². The maximum absolute atomic E-state index is 8.33. The van der Waals surface area contributed by atoms with Crippen molar-refractivity contribution in [1.82, 2.24) is 0 Å². The number of unbranched alkanes of at least 4 members (excludes halogenated alkanes) is 2. The first-order valence-corrected chi connectivity index (χ1v) is 4.95. The van der Waals surface area contributed by atoms with Gasteiger partial charge in [-0.15, -0.1) is 0 Å². The Labute approximate surface area is 80.6 Å². The lowest BCUT2D eigenvalue weighted by atomic mass is 10.2. The van der Waals surface area contributed by atoms with Gasteiger partial charge in [-0.3, -0.25) is 0 Å². The van der Waals surface area contributed by atoms with E-state index in [-0.39, 0.29) is 6.29 Å². The van der Waals surface area contributed by atoms with Crippen LogP contribution in [0, 0.1) is 11.3 Å². The zero-order valence-electron chi connectivity index (χ0n) is 8.58. The zero-order chi connectivity index (χ0) is 9.94. The van der Waals surface area contributed by atoms with E-state index in [9.17, 15) is 0 Å². The number of ether oxygens (including phenoxy) is 2. The fourth-order valence-electron chi connectivity index (χ4n) is 1.10. The Morgan fingerprint density at radius 2 is 1.77 bits per heavy atom. The molecule has 76 valence electrons. The lowest BCUT2D eigenvalue weighted by Gasteiger charge is -2.16. The second kappa shape index (κ2) is 9.50. The summed E-state index contributed by atoms with van der Waals surface area (Å²) < 4.78 is 10.7. The molecule has 13 heavy (non-hydrogen) atoms. The molecule has 0 amide bonds. The SMILES string of the molecule is CCOC(CCCCC#N)OCC. The highest BCUT2D eigenvalue weighted by molar-refractivity contribution is 4.68. The minimum Gasteiger partial charge on any atom is -0.353 e. The summed E-state index contributed by atoms with van der Waals surface area (Å²) in [4.78, 5) is 0. The van der Waals surface area contributed by atoms with E-state index in [1.165, 1.54) is 0 Å². The second-order valence-corrected chi connectivity index (χ2v) is 2.74. The normalized spacial score (nSPS) is 10.3. The summed E-state index contributed by atoms with van der Waals surface area (Å²) in [5, 5.41) is 8.33. The standard InChI is InChI=1S/C10H19NO2/c1-3-12-10(13-4-2)8-6-5-7-9-11/h10H,3-8H2,1-2H3. The van der Waals surface area contributed by atoms with Crippen molar-refractivity contribution >= 4 is 0 Å². The lowest BCUT2D eigenvalue weighted by molar-refractivity contribution is -0.140. The fraction of sp³-hybridized carbons (Fsp3) is 0.900. The largest absolute Gasteiger partial charge is 0.353 e. The van der Waals surface area contributed by atoms with Crippen LogP contribution in [0.5, 0.6) is 0 Å². The smallest absolute Gasteiger partial charge is 0.157 e. The molecule has 0 spiro atoms. The molecule has 0 bridgehead atoms. The molecule has 0 fully saturated rings. The van der Waals surface area contributed by atoms with Gasteiger partial charge in [-0.25, -0.2) is 0 Å². The van der Waals surface area contributed by atoms with Gasteiger partial charge in [0.25, 0.3) is 0 Å². The van der Waals surface area contributed by atoms with Crippen molar-refractivity contribution in [2.45, 2.75) is 45.8 Å². The Morgan fingerprint density at radius 3 is 2.23 bits per heavy atom. The van der Waals surface area contributed by atoms with Crippen LogP contribution in [0.1, 0.15) is 39.5 Å². The maximum Gasteiger partial charge on any atom is 0.157 e. The summed E-state index contributed by atoms with van der Waals surface area (Å²) in [7, 11) is 0. The van der Waals surface area contributed by atoms with E-state index in [0.717, 1.165) is 19.3 Å². The third-order valence-electron chi connectivity index (χ3n) is 1.68. The van der Waals surface area contributed by atoms with E-state index in [4.69, 9.17) is 14.7 Å². The molecule has 0 aromatic rings. The summed E-state index contributed by atoms with van der Waals surface area (Å²) >= 11 is 0. The summed E-state index contributed by atoms with van der Waals surface area (Å²) in [6, 6.07) is 2.12. The maximum atomic E-state index is 8.33. The van der Waals surface area contributed by atoms with Crippen molar-refractivity contribution in [2.75, 3.05) is 13.2 Å². The van der Waals surface area contributed by atoms with Crippen LogP contribution in [0.25, 0.3) is 0 Å². The molecule has 0 saturated carbocycles. The molecule has 0 aromatic carbocycles. The summed E-state index contributed by atoms with van der Waals surface area (Å²) in [6.45, 7) is 5.29. The quantitative estimate of drug-likeness (QED) is 0.431. The Morgan fingerprint density at radius 1 is 1.15 bits per heavy atom. The molecule has 0 aliphatic carbocycles. The second-order valence-electron chi connectivity index (χ2n) is 2.74. The number of hydrogen-bond acceptors (Lipinski definition) is 3. The van der Waals surface area contributed by atoms with Crippen LogP contribution in [0.4, 0.5) is 0 Å². The minimum absolute atomic E-state index is 0.0753. The van der Waals surface area contributed by atoms with Crippen molar-refractivity contribution < 1.29 is 9.47 Å². The molecule has 0 heterocycles. The van der Waals surface area contributed by atoms with E-state index >= 15 is 0 Å². The van der Waals surface area contributed by atoms with Gasteiger partial charge in [-0.05, 0) is 33.1 Å². The molecule has 0 rings (SSSR count). The number of nitrogens with zero attached hydrogens (tertiary/aromatic N) is 1. The molecule has 0 aliphatic heterocycles. The van der Waals surface area contributed by atoms with E-state index in [0.29, 0.717) is 19.6 Å². The van der Waals surface area contributed by atoms with Crippen LogP contribution in [0.3, 0.4) is 0 Å². The van der Waals surface area contributed by atoms with Crippen molar-refractivity contribution in [3.63, 3.8) is 0 Å². The summed E-state index contributed by atoms with van der Waals surface area (Å²) in [5.74, 6) is 0. The molecule has 0 atom stereocenters. The number of hydrogen-bond donors (Lipinski definition) is 0. The van der Waals surface area contributed by atoms with Gasteiger partial charge in [0.05, 0.1) is 6.07 Å². The third kappa shape index (κ3) is 7.76. The molecule has 3 nitrogen and oxygen atoms in total. The monoisotopic (exact) mass is 185 g/mol. The molecule has 0 unspecified atom stereocenters. The highest BCUT2D eigenvalue weighted by atomic mass is 16.7. The van der Waals surface area contributed by atoms with Crippen LogP contribution >= 0.6 is 0 Å². The Bertz CT molecular complexity index is 136. The summed E-state index contributed by atoms with van der Waals surface area (Å²) in [5.41, 5.74) is 0. The van der Waals surface area contributed by atoms with Gasteiger partial charge in [-0.1, -0.05) is 0 Å². The van der Waals surface area contributed by atoms with Crippen LogP contribution in [-0.2, 0) is 9.47 Å². The first-order valence-electron chi connectivity index (χ1n) is 4.95. The predicted octanol–water partition coefficient (Wildman–Crippen LogP) is 2.47. The number of nitriles is 1. The van der Waals surface area contributed by atoms with E-state index in [1.807, 2.05) is 13.8 Å². The summed E-state index contributed by atoms with van der Waals surface area (Å²) in [6.07, 6.45) is 3.38. The molecule has 0 saturated heterocycles. The van der Waals surface area contributed by atoms with Crippen molar-refractivity contribution in [1.29, 1.82) is 5.26 Å². The Hall–Kier alpha value is -0.590. The van der Waals surface area contributed by atoms with Crippen LogP contribution in [-0.4, -0.2) is 19.5 Å². The van der Waals surface area contributed by atoms with Crippen molar-refractivity contribution in [3.8, 4) is 6.07 Å². The van der Waals surface area contributed by atoms with Gasteiger partial charge in [0.1, 0.15) is 0 Å². The average molecular weight is 185 g/mol. The highest BCUT2D eigenvalue weighted by Gasteiger charge is 2.06. The number of rotatable bonds is 8. The highest BCUT2D eigenvalue weighted by Crippen LogP contribution is 2.07. The van der Waals surface area contributed by atoms with Crippen molar-refractivity contribution in [2.24, 2.45) is 0 Å². The van der Waals surface area contributed by atoms with Gasteiger partial charge in [0, 0.05) is 19.6 Å². The molecule has 0 radical (unpaired) electrons. The van der Waals surface area contributed by atoms with E-state index < -0.39 is 0 Å². The average Bonchev–Trinajstić information content (AvgIpc) is 2.13. The molecular weight excluding hydrogens is 166 g/mol. The Balaban J connectivity index is 3.39. The molecule has 0 aliphatic rings. The van der Waals surface area contributed by atoms with Gasteiger partial charge < -0.3 is 9.47 Å². The van der Waals surface area contributed by atoms with Gasteiger partial charge in [0.15, 0.2) is 6.29 Å². The Kier molecular flexibility index (Phi) is 9.07. The van der Waals surface area contributed by atoms with E-state index in [1.54, 1.807) is 0 Å². The molecule has 0 N–H and O–H groups in total. The van der Waals surface area contributed by atoms with Gasteiger partial charge in [-0.2, -0.15) is 5.26 Å². The first kappa shape index (κ1) is 12.4. The van der Waals surface area contributed by atoms with Crippen LogP contribution in [0.15, 0.2) is 0 Å². The molecule has 3 heteroatoms. The first-order chi connectivity index (χ1) is 6.35. The fourth-order valence-corrected chi connectivity index (χ4v) is 1.10. The lowest BCUT2D eigenvalue weighted by Crippen LogP contribution is -2.17. The predicted molar refractivity (Wildman–Crippen MR) is 51.1 cm³/mol. The van der Waals surface area contributed by atoms with Crippen molar-refractivity contribution in [3.05, 3.63) is 0 Å². The van der Waals surface area contributed by atoms with E-state index in [2.05, 4.69) is 6.07 Å². The zero-order valence-corrected chi connectivity index (χ0v) is 8.58. The third-order valence-corrected chi connectivity index (χ3v) is 1.68. The van der Waals surface area contributed by atoms with Gasteiger partial charge >= 0.3 is 0 Å². The molecular formula is C10H19NO2. The minimum atomic E-state index is -0.0753.